The number of rotatable bonds is 5. The molecule has 3 rings (SSSR count). The molecule has 8 nitrogen and oxygen atoms in total. The lowest BCUT2D eigenvalue weighted by molar-refractivity contribution is 0.0578. The summed E-state index contributed by atoms with van der Waals surface area (Å²) in [5.41, 5.74) is 1.26. The summed E-state index contributed by atoms with van der Waals surface area (Å²) in [6.07, 6.45) is 4.32. The van der Waals surface area contributed by atoms with Gasteiger partial charge >= 0.3 is 0 Å². The number of amides is 1. The molecular weight excluding hydrogens is 322 g/mol. The first-order valence-corrected chi connectivity index (χ1v) is 8.69. The lowest BCUT2D eigenvalue weighted by Gasteiger charge is -2.37. The Bertz CT molecular complexity index is 738. The van der Waals surface area contributed by atoms with Crippen molar-refractivity contribution in [2.24, 2.45) is 7.05 Å². The van der Waals surface area contributed by atoms with Gasteiger partial charge in [-0.25, -0.2) is 0 Å². The molecule has 0 bridgehead atoms. The Morgan fingerprint density at radius 1 is 1.44 bits per heavy atom. The van der Waals surface area contributed by atoms with Gasteiger partial charge in [0.05, 0.1) is 18.1 Å². The fourth-order valence-corrected chi connectivity index (χ4v) is 3.43. The summed E-state index contributed by atoms with van der Waals surface area (Å²) < 4.78 is 12.6. The maximum Gasteiger partial charge on any atom is 0.257 e. The zero-order valence-corrected chi connectivity index (χ0v) is 15.2. The van der Waals surface area contributed by atoms with Gasteiger partial charge in [-0.2, -0.15) is 5.10 Å². The molecule has 0 saturated carbocycles. The number of hydrogen-bond donors (Lipinski definition) is 0. The summed E-state index contributed by atoms with van der Waals surface area (Å²) in [6, 6.07) is -0.0120. The van der Waals surface area contributed by atoms with E-state index in [9.17, 15) is 4.79 Å². The van der Waals surface area contributed by atoms with E-state index < -0.39 is 0 Å². The number of carbonyl (C=O) groups is 1. The monoisotopic (exact) mass is 347 g/mol. The van der Waals surface area contributed by atoms with Gasteiger partial charge in [0.2, 0.25) is 11.8 Å². The Balaban J connectivity index is 1.83. The van der Waals surface area contributed by atoms with Crippen molar-refractivity contribution in [1.82, 2.24) is 24.9 Å². The predicted octanol–water partition coefficient (Wildman–Crippen LogP) is 1.92. The molecule has 0 spiro atoms. The van der Waals surface area contributed by atoms with Gasteiger partial charge in [0.1, 0.15) is 5.69 Å². The molecule has 0 radical (unpaired) electrons. The van der Waals surface area contributed by atoms with Crippen LogP contribution in [0.2, 0.25) is 0 Å². The second kappa shape index (κ2) is 7.35. The SMILES string of the molecule is CCc1nnc([C@H]2CCCN(C(=O)c3cn(C)nc3COC)[C@H]2C)o1. The van der Waals surface area contributed by atoms with Gasteiger partial charge in [0.25, 0.3) is 5.91 Å². The van der Waals surface area contributed by atoms with Crippen molar-refractivity contribution >= 4 is 5.91 Å². The maximum atomic E-state index is 13.1. The van der Waals surface area contributed by atoms with Crippen molar-refractivity contribution in [3.05, 3.63) is 29.2 Å². The third-order valence-electron chi connectivity index (χ3n) is 4.77. The van der Waals surface area contributed by atoms with E-state index in [-0.39, 0.29) is 17.9 Å². The maximum absolute atomic E-state index is 13.1. The number of aromatic nitrogens is 4. The van der Waals surface area contributed by atoms with E-state index in [0.29, 0.717) is 42.6 Å². The number of carbonyl (C=O) groups excluding carboxylic acids is 1. The zero-order valence-electron chi connectivity index (χ0n) is 15.2. The van der Waals surface area contributed by atoms with Gasteiger partial charge in [-0.3, -0.25) is 9.48 Å². The minimum atomic E-state index is -0.0208. The Labute approximate surface area is 147 Å². The fourth-order valence-electron chi connectivity index (χ4n) is 3.43. The van der Waals surface area contributed by atoms with Crippen molar-refractivity contribution in [3.8, 4) is 0 Å². The van der Waals surface area contributed by atoms with Crippen LogP contribution in [-0.2, 0) is 24.8 Å². The van der Waals surface area contributed by atoms with Crippen LogP contribution >= 0.6 is 0 Å². The molecule has 1 aliphatic rings. The van der Waals surface area contributed by atoms with E-state index in [1.54, 1.807) is 18.0 Å². The summed E-state index contributed by atoms with van der Waals surface area (Å²) in [5, 5.41) is 12.6. The van der Waals surface area contributed by atoms with Crippen LogP contribution in [0.4, 0.5) is 0 Å². The lowest BCUT2D eigenvalue weighted by atomic mass is 9.89. The van der Waals surface area contributed by atoms with E-state index in [0.717, 1.165) is 12.8 Å². The van der Waals surface area contributed by atoms with Crippen LogP contribution in [0.5, 0.6) is 0 Å². The smallest absolute Gasteiger partial charge is 0.257 e. The molecule has 1 saturated heterocycles. The van der Waals surface area contributed by atoms with Crippen LogP contribution in [0, 0.1) is 0 Å². The minimum absolute atomic E-state index is 0.0120. The second-order valence-corrected chi connectivity index (χ2v) is 6.47. The third-order valence-corrected chi connectivity index (χ3v) is 4.77. The van der Waals surface area contributed by atoms with Gasteiger partial charge < -0.3 is 14.1 Å². The van der Waals surface area contributed by atoms with Crippen molar-refractivity contribution in [2.75, 3.05) is 13.7 Å². The van der Waals surface area contributed by atoms with Crippen LogP contribution in [-0.4, -0.2) is 50.5 Å². The molecule has 0 aromatic carbocycles. The van der Waals surface area contributed by atoms with Gasteiger partial charge in [-0.05, 0) is 19.8 Å². The highest BCUT2D eigenvalue weighted by Crippen LogP contribution is 2.33. The molecule has 25 heavy (non-hydrogen) atoms. The molecule has 1 fully saturated rings. The fraction of sp³-hybridized carbons (Fsp3) is 0.647. The third kappa shape index (κ3) is 3.44. The molecule has 0 N–H and O–H groups in total. The quantitative estimate of drug-likeness (QED) is 0.821. The van der Waals surface area contributed by atoms with Crippen molar-refractivity contribution < 1.29 is 13.9 Å². The molecule has 136 valence electrons. The van der Waals surface area contributed by atoms with E-state index in [4.69, 9.17) is 9.15 Å². The van der Waals surface area contributed by atoms with Crippen LogP contribution in [0.25, 0.3) is 0 Å². The Morgan fingerprint density at radius 2 is 2.24 bits per heavy atom. The largest absolute Gasteiger partial charge is 0.425 e. The minimum Gasteiger partial charge on any atom is -0.425 e. The highest BCUT2D eigenvalue weighted by atomic mass is 16.5. The number of methoxy groups -OCH3 is 1. The first-order valence-electron chi connectivity index (χ1n) is 8.69. The summed E-state index contributed by atoms with van der Waals surface area (Å²) >= 11 is 0. The summed E-state index contributed by atoms with van der Waals surface area (Å²) in [5.74, 6) is 1.31. The van der Waals surface area contributed by atoms with E-state index >= 15 is 0 Å². The number of ether oxygens (including phenoxy) is 1. The van der Waals surface area contributed by atoms with Crippen LogP contribution in [0.15, 0.2) is 10.6 Å². The van der Waals surface area contributed by atoms with Gasteiger partial charge in [-0.1, -0.05) is 6.92 Å². The van der Waals surface area contributed by atoms with Crippen LogP contribution in [0.3, 0.4) is 0 Å². The predicted molar refractivity (Wildman–Crippen MR) is 90.1 cm³/mol. The van der Waals surface area contributed by atoms with Gasteiger partial charge in [0.15, 0.2) is 0 Å². The highest BCUT2D eigenvalue weighted by Gasteiger charge is 2.36. The molecule has 0 aliphatic carbocycles. The summed E-state index contributed by atoms with van der Waals surface area (Å²) in [6.45, 7) is 5.06. The van der Waals surface area contributed by atoms with Crippen molar-refractivity contribution in [3.63, 3.8) is 0 Å². The first kappa shape index (κ1) is 17.6. The van der Waals surface area contributed by atoms with Gasteiger partial charge in [-0.15, -0.1) is 10.2 Å². The number of piperidine rings is 1. The standard InChI is InChI=1S/C17H25N5O3/c1-5-15-18-19-16(25-15)12-7-6-8-22(11(12)2)17(23)13-9-21(3)20-14(13)10-24-4/h9,11-12H,5-8,10H2,1-4H3/t11-,12-/m0/s1. The molecule has 3 heterocycles. The molecule has 0 unspecified atom stereocenters. The topological polar surface area (TPSA) is 86.3 Å². The van der Waals surface area contributed by atoms with Crippen LogP contribution < -0.4 is 0 Å². The average Bonchev–Trinajstić information content (AvgIpc) is 3.21. The Hall–Kier alpha value is -2.22. The normalized spacial score (nSPS) is 20.9. The number of aryl methyl sites for hydroxylation is 2. The van der Waals surface area contributed by atoms with E-state index in [2.05, 4.69) is 15.3 Å². The molecule has 1 amide bonds. The molecule has 2 aromatic rings. The van der Waals surface area contributed by atoms with E-state index in [1.807, 2.05) is 25.8 Å². The number of nitrogens with zero attached hydrogens (tertiary/aromatic N) is 5. The van der Waals surface area contributed by atoms with E-state index in [1.165, 1.54) is 0 Å². The molecular formula is C17H25N5O3. The Kier molecular flexibility index (Phi) is 5.17. The molecule has 1 aliphatic heterocycles. The summed E-state index contributed by atoms with van der Waals surface area (Å²) in [4.78, 5) is 15.0. The zero-order chi connectivity index (χ0) is 18.0. The second-order valence-electron chi connectivity index (χ2n) is 6.47. The molecule has 8 heteroatoms. The van der Waals surface area contributed by atoms with Gasteiger partial charge in [0, 0.05) is 39.4 Å². The van der Waals surface area contributed by atoms with Crippen molar-refractivity contribution in [2.45, 2.75) is 51.7 Å². The molecule has 2 atom stereocenters. The summed E-state index contributed by atoms with van der Waals surface area (Å²) in [7, 11) is 3.41. The van der Waals surface area contributed by atoms with Crippen LogP contribution in [0.1, 0.15) is 60.4 Å². The lowest BCUT2D eigenvalue weighted by Crippen LogP contribution is -2.46. The number of likely N-dealkylation sites (tertiary alicyclic amines) is 1. The van der Waals surface area contributed by atoms with Crippen molar-refractivity contribution in [1.29, 1.82) is 0 Å². The number of hydrogen-bond acceptors (Lipinski definition) is 6. The first-order chi connectivity index (χ1) is 12.0. The molecule has 2 aromatic heterocycles. The highest BCUT2D eigenvalue weighted by molar-refractivity contribution is 5.95. The Morgan fingerprint density at radius 3 is 2.92 bits per heavy atom. The average molecular weight is 347 g/mol.